The molecule has 0 radical (unpaired) electrons. The Hall–Kier alpha value is -1.44. The molecule has 1 fully saturated rings. The van der Waals surface area contributed by atoms with Crippen LogP contribution in [-0.2, 0) is 11.3 Å². The summed E-state index contributed by atoms with van der Waals surface area (Å²) in [4.78, 5) is 13.6. The third-order valence-corrected chi connectivity index (χ3v) is 3.91. The minimum atomic E-state index is 0.407. The Bertz CT molecular complexity index is 455. The molecule has 7 heteroatoms. The van der Waals surface area contributed by atoms with E-state index in [0.717, 1.165) is 31.9 Å². The first-order valence-electron chi connectivity index (χ1n) is 7.55. The van der Waals surface area contributed by atoms with Gasteiger partial charge in [0.05, 0.1) is 0 Å². The van der Waals surface area contributed by atoms with Crippen LogP contribution in [0.4, 0.5) is 11.6 Å². The number of nitrogens with two attached hydrogens (primary N) is 1. The van der Waals surface area contributed by atoms with E-state index in [1.54, 1.807) is 0 Å². The van der Waals surface area contributed by atoms with Crippen molar-refractivity contribution in [3.63, 3.8) is 0 Å². The van der Waals surface area contributed by atoms with E-state index in [2.05, 4.69) is 39.2 Å². The molecule has 1 aromatic heterocycles. The van der Waals surface area contributed by atoms with Gasteiger partial charge in [0.15, 0.2) is 5.82 Å². The van der Waals surface area contributed by atoms with Crippen molar-refractivity contribution in [3.8, 4) is 0 Å². The van der Waals surface area contributed by atoms with Crippen LogP contribution in [0.5, 0.6) is 0 Å². The van der Waals surface area contributed by atoms with Crippen LogP contribution in [0.15, 0.2) is 6.07 Å². The number of likely N-dealkylation sites (N-methyl/N-ethyl adjacent to an activating group) is 1. The molecule has 1 aromatic rings. The summed E-state index contributed by atoms with van der Waals surface area (Å²) >= 11 is 0. The lowest BCUT2D eigenvalue weighted by molar-refractivity contribution is 0.128. The molecule has 3 N–H and O–H groups in total. The van der Waals surface area contributed by atoms with Crippen molar-refractivity contribution < 1.29 is 4.74 Å². The van der Waals surface area contributed by atoms with Gasteiger partial charge in [-0.25, -0.2) is 15.8 Å². The number of hydrazine groups is 1. The number of anilines is 2. The number of nitrogens with zero attached hydrogens (tertiary/aromatic N) is 4. The second kappa shape index (κ2) is 7.53. The molecule has 1 unspecified atom stereocenters. The number of piperazine rings is 1. The van der Waals surface area contributed by atoms with Crippen molar-refractivity contribution in [2.24, 2.45) is 5.84 Å². The smallest absolute Gasteiger partial charge is 0.158 e. The van der Waals surface area contributed by atoms with E-state index in [0.29, 0.717) is 30.9 Å². The van der Waals surface area contributed by atoms with Gasteiger partial charge in [-0.05, 0) is 20.4 Å². The summed E-state index contributed by atoms with van der Waals surface area (Å²) in [7, 11) is 2.18. The average molecular weight is 294 g/mol. The molecule has 1 aliphatic heterocycles. The van der Waals surface area contributed by atoms with Crippen molar-refractivity contribution in [2.45, 2.75) is 32.9 Å². The van der Waals surface area contributed by atoms with E-state index in [-0.39, 0.29) is 0 Å². The first kappa shape index (κ1) is 15.9. The lowest BCUT2D eigenvalue weighted by Gasteiger charge is -2.39. The molecular weight excluding hydrogens is 268 g/mol. The largest absolute Gasteiger partial charge is 0.374 e. The average Bonchev–Trinajstić information content (AvgIpc) is 2.53. The van der Waals surface area contributed by atoms with E-state index in [4.69, 9.17) is 10.6 Å². The van der Waals surface area contributed by atoms with Gasteiger partial charge in [-0.2, -0.15) is 0 Å². The zero-order valence-corrected chi connectivity index (χ0v) is 13.2. The highest BCUT2D eigenvalue weighted by atomic mass is 16.5. The Morgan fingerprint density at radius 2 is 2.19 bits per heavy atom. The molecule has 118 valence electrons. The minimum absolute atomic E-state index is 0.407. The predicted octanol–water partition coefficient (Wildman–Crippen LogP) is 0.829. The molecule has 1 atom stereocenters. The second-order valence-corrected chi connectivity index (χ2v) is 5.30. The van der Waals surface area contributed by atoms with Crippen LogP contribution in [0.1, 0.15) is 26.1 Å². The van der Waals surface area contributed by atoms with Gasteiger partial charge in [-0.1, -0.05) is 6.92 Å². The van der Waals surface area contributed by atoms with Crippen molar-refractivity contribution in [1.29, 1.82) is 0 Å². The fourth-order valence-electron chi connectivity index (χ4n) is 2.57. The zero-order valence-electron chi connectivity index (χ0n) is 13.2. The summed E-state index contributed by atoms with van der Waals surface area (Å²) in [5.41, 5.74) is 2.61. The normalized spacial score (nSPS) is 19.8. The highest BCUT2D eigenvalue weighted by Gasteiger charge is 2.24. The van der Waals surface area contributed by atoms with E-state index in [1.165, 1.54) is 0 Å². The molecule has 0 aliphatic carbocycles. The van der Waals surface area contributed by atoms with Gasteiger partial charge in [0.2, 0.25) is 0 Å². The maximum atomic E-state index is 5.51. The quantitative estimate of drug-likeness (QED) is 0.594. The molecule has 0 saturated carbocycles. The third kappa shape index (κ3) is 4.03. The van der Waals surface area contributed by atoms with Gasteiger partial charge >= 0.3 is 0 Å². The van der Waals surface area contributed by atoms with Gasteiger partial charge in [-0.3, -0.25) is 4.90 Å². The van der Waals surface area contributed by atoms with Crippen LogP contribution in [0.2, 0.25) is 0 Å². The van der Waals surface area contributed by atoms with Gasteiger partial charge < -0.3 is 15.1 Å². The first-order valence-corrected chi connectivity index (χ1v) is 7.55. The molecule has 0 aromatic carbocycles. The van der Waals surface area contributed by atoms with Crippen molar-refractivity contribution in [1.82, 2.24) is 14.9 Å². The van der Waals surface area contributed by atoms with E-state index in [1.807, 2.05) is 13.0 Å². The molecule has 0 amide bonds. The SMILES string of the molecule is CCOCc1nc(NN)cc(N2CCN(C)C(CC)C2)n1. The molecule has 1 aliphatic rings. The van der Waals surface area contributed by atoms with Crippen LogP contribution >= 0.6 is 0 Å². The lowest BCUT2D eigenvalue weighted by Crippen LogP contribution is -2.51. The Labute approximate surface area is 126 Å². The Morgan fingerprint density at radius 3 is 2.86 bits per heavy atom. The minimum Gasteiger partial charge on any atom is -0.374 e. The number of aromatic nitrogens is 2. The summed E-state index contributed by atoms with van der Waals surface area (Å²) in [5.74, 6) is 7.72. The summed E-state index contributed by atoms with van der Waals surface area (Å²) in [5, 5.41) is 0. The molecule has 2 rings (SSSR count). The van der Waals surface area contributed by atoms with Crippen LogP contribution in [-0.4, -0.2) is 54.2 Å². The van der Waals surface area contributed by atoms with Crippen molar-refractivity contribution in [3.05, 3.63) is 11.9 Å². The summed E-state index contributed by atoms with van der Waals surface area (Å²) in [6.07, 6.45) is 1.13. The van der Waals surface area contributed by atoms with Crippen LogP contribution < -0.4 is 16.2 Å². The number of hydrogen-bond acceptors (Lipinski definition) is 7. The van der Waals surface area contributed by atoms with Crippen molar-refractivity contribution >= 4 is 11.6 Å². The topological polar surface area (TPSA) is 79.5 Å². The van der Waals surface area contributed by atoms with E-state index >= 15 is 0 Å². The predicted molar refractivity (Wildman–Crippen MR) is 84.1 cm³/mol. The fraction of sp³-hybridized carbons (Fsp3) is 0.714. The molecule has 7 nitrogen and oxygen atoms in total. The number of nitrogen functional groups attached to an aromatic ring is 1. The monoisotopic (exact) mass is 294 g/mol. The van der Waals surface area contributed by atoms with Crippen LogP contribution in [0.3, 0.4) is 0 Å². The standard InChI is InChI=1S/C14H26N6O/c1-4-11-9-20(7-6-19(11)3)14-8-12(18-15)16-13(17-14)10-21-5-2/h8,11H,4-7,9-10,15H2,1-3H3,(H,16,17,18). The maximum absolute atomic E-state index is 5.51. The highest BCUT2D eigenvalue weighted by Crippen LogP contribution is 2.20. The van der Waals surface area contributed by atoms with Gasteiger partial charge in [0, 0.05) is 38.3 Å². The van der Waals surface area contributed by atoms with E-state index < -0.39 is 0 Å². The lowest BCUT2D eigenvalue weighted by atomic mass is 10.1. The molecule has 0 bridgehead atoms. The number of ether oxygens (including phenoxy) is 1. The summed E-state index contributed by atoms with van der Waals surface area (Å²) in [6.45, 7) is 8.20. The molecule has 1 saturated heterocycles. The Balaban J connectivity index is 2.17. The second-order valence-electron chi connectivity index (χ2n) is 5.30. The first-order chi connectivity index (χ1) is 10.2. The Morgan fingerprint density at radius 1 is 1.38 bits per heavy atom. The Kier molecular flexibility index (Phi) is 5.72. The third-order valence-electron chi connectivity index (χ3n) is 3.91. The van der Waals surface area contributed by atoms with E-state index in [9.17, 15) is 0 Å². The van der Waals surface area contributed by atoms with Gasteiger partial charge in [0.25, 0.3) is 0 Å². The summed E-state index contributed by atoms with van der Waals surface area (Å²) in [6, 6.07) is 2.45. The molecule has 0 spiro atoms. The fourth-order valence-corrected chi connectivity index (χ4v) is 2.57. The van der Waals surface area contributed by atoms with Crippen LogP contribution in [0.25, 0.3) is 0 Å². The molecule has 21 heavy (non-hydrogen) atoms. The highest BCUT2D eigenvalue weighted by molar-refractivity contribution is 5.49. The maximum Gasteiger partial charge on any atom is 0.158 e. The number of rotatable bonds is 6. The molecular formula is C14H26N6O. The zero-order chi connectivity index (χ0) is 15.2. The van der Waals surface area contributed by atoms with Gasteiger partial charge in [0.1, 0.15) is 18.2 Å². The molecule has 2 heterocycles. The van der Waals surface area contributed by atoms with Gasteiger partial charge in [-0.15, -0.1) is 0 Å². The summed E-state index contributed by atoms with van der Waals surface area (Å²) < 4.78 is 5.40. The van der Waals surface area contributed by atoms with Crippen molar-refractivity contribution in [2.75, 3.05) is 43.6 Å². The van der Waals surface area contributed by atoms with Crippen LogP contribution in [0, 0.1) is 0 Å². The number of nitrogens with one attached hydrogen (secondary N) is 1. The number of hydrogen-bond donors (Lipinski definition) is 2.